The van der Waals surface area contributed by atoms with E-state index in [9.17, 15) is 18.0 Å². The Hall–Kier alpha value is -3.22. The molecule has 3 rings (SSSR count). The largest absolute Gasteiger partial charge is 0.453 e. The highest BCUT2D eigenvalue weighted by atomic mass is 19.1. The molecule has 0 fully saturated rings. The maximum absolute atomic E-state index is 14.3. The smallest absolute Gasteiger partial charge is 0.195 e. The molecule has 3 aromatic rings. The first-order chi connectivity index (χ1) is 13.3. The molecule has 0 amide bonds. The van der Waals surface area contributed by atoms with Crippen molar-refractivity contribution in [3.63, 3.8) is 0 Å². The summed E-state index contributed by atoms with van der Waals surface area (Å²) in [5.41, 5.74) is 5.53. The van der Waals surface area contributed by atoms with Crippen LogP contribution in [-0.2, 0) is 0 Å². The van der Waals surface area contributed by atoms with E-state index < -0.39 is 28.5 Å². The minimum absolute atomic E-state index is 0.0441. The van der Waals surface area contributed by atoms with E-state index in [-0.39, 0.29) is 28.1 Å². The average molecular weight is 388 g/mol. The van der Waals surface area contributed by atoms with Crippen LogP contribution < -0.4 is 16.5 Å². The summed E-state index contributed by atoms with van der Waals surface area (Å²) >= 11 is 0. The highest BCUT2D eigenvalue weighted by Gasteiger charge is 2.19. The van der Waals surface area contributed by atoms with Crippen molar-refractivity contribution in [1.29, 1.82) is 0 Å². The van der Waals surface area contributed by atoms with E-state index in [1.165, 1.54) is 12.1 Å². The maximum Gasteiger partial charge on any atom is 0.195 e. The second kappa shape index (κ2) is 7.80. The van der Waals surface area contributed by atoms with Crippen molar-refractivity contribution in [2.45, 2.75) is 20.3 Å². The predicted molar refractivity (Wildman–Crippen MR) is 105 cm³/mol. The molecule has 0 aliphatic rings. The molecule has 146 valence electrons. The Balaban J connectivity index is 2.10. The van der Waals surface area contributed by atoms with E-state index in [2.05, 4.69) is 5.32 Å². The molecule has 0 spiro atoms. The van der Waals surface area contributed by atoms with Crippen LogP contribution in [0.4, 0.5) is 24.5 Å². The lowest BCUT2D eigenvalue weighted by Gasteiger charge is -2.11. The van der Waals surface area contributed by atoms with Crippen molar-refractivity contribution in [2.75, 3.05) is 17.6 Å². The van der Waals surface area contributed by atoms with Gasteiger partial charge in [0.05, 0.1) is 16.8 Å². The molecule has 0 unspecified atom stereocenters. The predicted octanol–water partition coefficient (Wildman–Crippen LogP) is 5.23. The van der Waals surface area contributed by atoms with Crippen LogP contribution in [0, 0.1) is 17.5 Å². The Labute approximate surface area is 159 Å². The Kier molecular flexibility index (Phi) is 5.44. The van der Waals surface area contributed by atoms with Crippen LogP contribution >= 0.6 is 0 Å². The lowest BCUT2D eigenvalue weighted by Crippen LogP contribution is -2.10. The van der Waals surface area contributed by atoms with Crippen LogP contribution in [0.3, 0.4) is 0 Å². The highest BCUT2D eigenvalue weighted by molar-refractivity contribution is 5.91. The fourth-order valence-corrected chi connectivity index (χ4v) is 2.82. The van der Waals surface area contributed by atoms with Crippen LogP contribution in [-0.4, -0.2) is 6.54 Å². The third kappa shape index (κ3) is 3.88. The number of hydrogen-bond donors (Lipinski definition) is 2. The zero-order chi connectivity index (χ0) is 20.4. The molecule has 0 radical (unpaired) electrons. The van der Waals surface area contributed by atoms with Crippen LogP contribution in [0.5, 0.6) is 0 Å². The standard InChI is InChI=1S/C21H19F3N2O2/c1-11(2)4-3-7-26-20-14(23)9-15(24)21-19(20)17(27)10-18(28-21)12-5-6-16(25)13(22)8-12/h4-6,8-10,26H,3,7,25H2,1-2H3. The second-order valence-corrected chi connectivity index (χ2v) is 6.63. The summed E-state index contributed by atoms with van der Waals surface area (Å²) in [6.45, 7) is 4.22. The number of fused-ring (bicyclic) bond motifs is 1. The molecule has 0 atom stereocenters. The third-order valence-electron chi connectivity index (χ3n) is 4.19. The highest BCUT2D eigenvalue weighted by Crippen LogP contribution is 2.31. The van der Waals surface area contributed by atoms with Gasteiger partial charge in [0.1, 0.15) is 17.4 Å². The summed E-state index contributed by atoms with van der Waals surface area (Å²) in [6, 6.07) is 5.57. The molecule has 0 aliphatic carbocycles. The molecule has 7 heteroatoms. The minimum atomic E-state index is -1.02. The number of rotatable bonds is 5. The first-order valence-corrected chi connectivity index (χ1v) is 8.66. The van der Waals surface area contributed by atoms with Gasteiger partial charge >= 0.3 is 0 Å². The minimum Gasteiger partial charge on any atom is -0.453 e. The maximum atomic E-state index is 14.3. The van der Waals surface area contributed by atoms with Gasteiger partial charge in [0, 0.05) is 24.2 Å². The summed E-state index contributed by atoms with van der Waals surface area (Å²) in [4.78, 5) is 12.6. The molecule has 2 aromatic carbocycles. The topological polar surface area (TPSA) is 68.3 Å². The van der Waals surface area contributed by atoms with Crippen LogP contribution in [0.2, 0.25) is 0 Å². The van der Waals surface area contributed by atoms with E-state index >= 15 is 0 Å². The number of halogens is 3. The van der Waals surface area contributed by atoms with Crippen LogP contribution in [0.25, 0.3) is 22.3 Å². The van der Waals surface area contributed by atoms with Crippen LogP contribution in [0.15, 0.2) is 51.2 Å². The fourth-order valence-electron chi connectivity index (χ4n) is 2.82. The monoisotopic (exact) mass is 388 g/mol. The quantitative estimate of drug-likeness (QED) is 0.357. The van der Waals surface area contributed by atoms with Crippen molar-refractivity contribution in [3.8, 4) is 11.3 Å². The van der Waals surface area contributed by atoms with E-state index in [1.807, 2.05) is 19.9 Å². The van der Waals surface area contributed by atoms with Gasteiger partial charge in [-0.25, -0.2) is 13.2 Å². The van der Waals surface area contributed by atoms with E-state index in [4.69, 9.17) is 10.2 Å². The number of nitrogen functional groups attached to an aromatic ring is 1. The van der Waals surface area contributed by atoms with Gasteiger partial charge in [-0.05, 0) is 38.5 Å². The lowest BCUT2D eigenvalue weighted by atomic mass is 10.1. The second-order valence-electron chi connectivity index (χ2n) is 6.63. The van der Waals surface area contributed by atoms with Gasteiger partial charge in [0.25, 0.3) is 0 Å². The van der Waals surface area contributed by atoms with Gasteiger partial charge in [-0.15, -0.1) is 0 Å². The Morgan fingerprint density at radius 1 is 1.11 bits per heavy atom. The molecule has 3 N–H and O–H groups in total. The summed E-state index contributed by atoms with van der Waals surface area (Å²) in [7, 11) is 0. The van der Waals surface area contributed by atoms with Crippen LogP contribution in [0.1, 0.15) is 20.3 Å². The Morgan fingerprint density at radius 2 is 1.86 bits per heavy atom. The molecular weight excluding hydrogens is 369 g/mol. The number of hydrogen-bond acceptors (Lipinski definition) is 4. The SMILES string of the molecule is CC(C)=CCCNc1c(F)cc(F)c2oc(-c3ccc(N)c(F)c3)cc(=O)c12. The lowest BCUT2D eigenvalue weighted by molar-refractivity contribution is 0.545. The number of nitrogens with two attached hydrogens (primary N) is 1. The van der Waals surface area contributed by atoms with Crippen molar-refractivity contribution < 1.29 is 17.6 Å². The van der Waals surface area contributed by atoms with Crippen molar-refractivity contribution in [2.24, 2.45) is 0 Å². The molecule has 1 heterocycles. The summed E-state index contributed by atoms with van der Waals surface area (Å²) < 4.78 is 47.9. The van der Waals surface area contributed by atoms with Gasteiger partial charge in [0.15, 0.2) is 16.8 Å². The third-order valence-corrected chi connectivity index (χ3v) is 4.19. The van der Waals surface area contributed by atoms with Crippen molar-refractivity contribution >= 4 is 22.3 Å². The van der Waals surface area contributed by atoms with Crippen molar-refractivity contribution in [3.05, 3.63) is 69.7 Å². The number of benzene rings is 2. The van der Waals surface area contributed by atoms with Gasteiger partial charge in [-0.3, -0.25) is 4.79 Å². The molecule has 0 saturated carbocycles. The molecule has 0 aliphatic heterocycles. The van der Waals surface area contributed by atoms with E-state index in [0.717, 1.165) is 17.7 Å². The van der Waals surface area contributed by atoms with Gasteiger partial charge in [-0.2, -0.15) is 0 Å². The van der Waals surface area contributed by atoms with Gasteiger partial charge in [-0.1, -0.05) is 11.6 Å². The molecule has 28 heavy (non-hydrogen) atoms. The van der Waals surface area contributed by atoms with Gasteiger partial charge < -0.3 is 15.5 Å². The van der Waals surface area contributed by atoms with E-state index in [1.54, 1.807) is 0 Å². The number of anilines is 2. The summed E-state index contributed by atoms with van der Waals surface area (Å²) in [5.74, 6) is -2.64. The molecular formula is C21H19F3N2O2. The number of nitrogens with one attached hydrogen (secondary N) is 1. The van der Waals surface area contributed by atoms with E-state index in [0.29, 0.717) is 19.0 Å². The average Bonchev–Trinajstić information content (AvgIpc) is 2.63. The molecule has 0 bridgehead atoms. The molecule has 4 nitrogen and oxygen atoms in total. The molecule has 0 saturated heterocycles. The molecule has 1 aromatic heterocycles. The summed E-state index contributed by atoms with van der Waals surface area (Å²) in [6.07, 6.45) is 2.56. The van der Waals surface area contributed by atoms with Gasteiger partial charge in [0.2, 0.25) is 0 Å². The first-order valence-electron chi connectivity index (χ1n) is 8.66. The zero-order valence-corrected chi connectivity index (χ0v) is 15.4. The Morgan fingerprint density at radius 3 is 2.54 bits per heavy atom. The fraction of sp³-hybridized carbons (Fsp3) is 0.190. The first kappa shape index (κ1) is 19.5. The normalized spacial score (nSPS) is 10.9. The van der Waals surface area contributed by atoms with Crippen molar-refractivity contribution in [1.82, 2.24) is 0 Å². The zero-order valence-electron chi connectivity index (χ0n) is 15.4. The summed E-state index contributed by atoms with van der Waals surface area (Å²) in [5, 5.41) is 2.60. The Bertz CT molecular complexity index is 1130. The number of allylic oxidation sites excluding steroid dienone is 1.